The van der Waals surface area contributed by atoms with Crippen molar-refractivity contribution in [3.8, 4) is 5.75 Å². The highest BCUT2D eigenvalue weighted by molar-refractivity contribution is 9.10. The van der Waals surface area contributed by atoms with Crippen molar-refractivity contribution in [1.82, 2.24) is 0 Å². The minimum Gasteiger partial charge on any atom is -0.484 e. The molecule has 0 heterocycles. The van der Waals surface area contributed by atoms with Gasteiger partial charge in [0.15, 0.2) is 6.61 Å². The summed E-state index contributed by atoms with van der Waals surface area (Å²) in [4.78, 5) is 11.7. The van der Waals surface area contributed by atoms with Gasteiger partial charge in [-0.05, 0) is 42.5 Å². The molecule has 0 bridgehead atoms. The van der Waals surface area contributed by atoms with Crippen LogP contribution in [0, 0.1) is 5.82 Å². The van der Waals surface area contributed by atoms with Crippen LogP contribution in [0.1, 0.15) is 0 Å². The minimum absolute atomic E-state index is 0.0295. The van der Waals surface area contributed by atoms with E-state index in [0.29, 0.717) is 10.8 Å². The van der Waals surface area contributed by atoms with Crippen LogP contribution in [-0.2, 0) is 4.79 Å². The van der Waals surface area contributed by atoms with Crippen LogP contribution in [0.5, 0.6) is 5.75 Å². The van der Waals surface area contributed by atoms with Gasteiger partial charge in [0, 0.05) is 9.50 Å². The Morgan fingerprint density at radius 3 is 2.65 bits per heavy atom. The third-order valence-electron chi connectivity index (χ3n) is 2.39. The molecule has 0 saturated carbocycles. The summed E-state index contributed by atoms with van der Waals surface area (Å²) in [5, 5.41) is 2.74. The number of carbonyl (C=O) groups excluding carboxylic acids is 1. The number of benzene rings is 2. The number of rotatable bonds is 4. The lowest BCUT2D eigenvalue weighted by Gasteiger charge is -2.08. The lowest BCUT2D eigenvalue weighted by atomic mass is 10.3. The average molecular weight is 359 g/mol. The Kier molecular flexibility index (Phi) is 4.98. The Bertz CT molecular complexity index is 619. The molecule has 0 aliphatic carbocycles. The summed E-state index contributed by atoms with van der Waals surface area (Å²) in [7, 11) is 0. The van der Waals surface area contributed by atoms with E-state index >= 15 is 0 Å². The van der Waals surface area contributed by atoms with E-state index in [1.165, 1.54) is 18.2 Å². The molecule has 1 amide bonds. The first-order chi connectivity index (χ1) is 9.54. The topological polar surface area (TPSA) is 38.3 Å². The predicted molar refractivity (Wildman–Crippen MR) is 79.7 cm³/mol. The van der Waals surface area contributed by atoms with Gasteiger partial charge in [0.25, 0.3) is 5.91 Å². The van der Waals surface area contributed by atoms with Crippen LogP contribution in [-0.4, -0.2) is 12.5 Å². The summed E-state index contributed by atoms with van der Waals surface area (Å²) in [5.74, 6) is -0.463. The zero-order chi connectivity index (χ0) is 14.5. The van der Waals surface area contributed by atoms with Gasteiger partial charge in [-0.1, -0.05) is 27.5 Å². The van der Waals surface area contributed by atoms with E-state index < -0.39 is 11.7 Å². The molecule has 0 aliphatic heterocycles. The van der Waals surface area contributed by atoms with Crippen molar-refractivity contribution in [2.75, 3.05) is 11.9 Å². The fourth-order valence-electron chi connectivity index (χ4n) is 1.46. The van der Waals surface area contributed by atoms with Crippen LogP contribution < -0.4 is 10.1 Å². The Morgan fingerprint density at radius 1 is 1.25 bits per heavy atom. The summed E-state index contributed by atoms with van der Waals surface area (Å²) < 4.78 is 19.6. The second kappa shape index (κ2) is 6.72. The number of anilines is 1. The molecule has 0 aromatic heterocycles. The van der Waals surface area contributed by atoms with Gasteiger partial charge in [0.05, 0.1) is 5.69 Å². The number of amides is 1. The van der Waals surface area contributed by atoms with E-state index in [1.54, 1.807) is 24.3 Å². The molecule has 2 aromatic carbocycles. The molecule has 0 spiro atoms. The van der Waals surface area contributed by atoms with Crippen molar-refractivity contribution in [3.63, 3.8) is 0 Å². The quantitative estimate of drug-likeness (QED) is 0.887. The maximum Gasteiger partial charge on any atom is 0.262 e. The third kappa shape index (κ3) is 4.21. The van der Waals surface area contributed by atoms with Crippen LogP contribution >= 0.6 is 27.5 Å². The van der Waals surface area contributed by atoms with E-state index in [9.17, 15) is 9.18 Å². The van der Waals surface area contributed by atoms with Crippen molar-refractivity contribution in [2.24, 2.45) is 0 Å². The maximum absolute atomic E-state index is 13.4. The van der Waals surface area contributed by atoms with Crippen LogP contribution in [0.25, 0.3) is 0 Å². The highest BCUT2D eigenvalue weighted by Crippen LogP contribution is 2.20. The van der Waals surface area contributed by atoms with Crippen molar-refractivity contribution in [3.05, 3.63) is 57.8 Å². The second-order valence-corrected chi connectivity index (χ2v) is 5.27. The van der Waals surface area contributed by atoms with E-state index in [1.807, 2.05) is 0 Å². The summed E-state index contributed by atoms with van der Waals surface area (Å²) in [6.07, 6.45) is 0. The van der Waals surface area contributed by atoms with Crippen LogP contribution in [0.4, 0.5) is 10.1 Å². The van der Waals surface area contributed by atoms with Crippen LogP contribution in [0.2, 0.25) is 5.02 Å². The molecular formula is C14H10BrClFNO2. The number of carbonyl (C=O) groups is 1. The van der Waals surface area contributed by atoms with E-state index in [4.69, 9.17) is 16.3 Å². The zero-order valence-electron chi connectivity index (χ0n) is 10.2. The number of nitrogens with one attached hydrogen (secondary N) is 1. The number of halogens is 3. The minimum atomic E-state index is -0.550. The molecule has 0 aliphatic rings. The number of ether oxygens (including phenoxy) is 1. The summed E-state index contributed by atoms with van der Waals surface area (Å²) in [6, 6.07) is 11.0. The Balaban J connectivity index is 1.92. The van der Waals surface area contributed by atoms with Crippen LogP contribution in [0.3, 0.4) is 0 Å². The lowest BCUT2D eigenvalue weighted by Crippen LogP contribution is -2.20. The van der Waals surface area contributed by atoms with Crippen molar-refractivity contribution < 1.29 is 13.9 Å². The molecule has 104 valence electrons. The molecule has 0 saturated heterocycles. The lowest BCUT2D eigenvalue weighted by molar-refractivity contribution is -0.118. The fraction of sp³-hybridized carbons (Fsp3) is 0.0714. The van der Waals surface area contributed by atoms with E-state index in [0.717, 1.165) is 4.47 Å². The summed E-state index contributed by atoms with van der Waals surface area (Å²) in [6.45, 7) is -0.215. The van der Waals surface area contributed by atoms with Gasteiger partial charge >= 0.3 is 0 Å². The first-order valence-electron chi connectivity index (χ1n) is 5.68. The summed E-state index contributed by atoms with van der Waals surface area (Å²) in [5.41, 5.74) is 0.0295. The second-order valence-electron chi connectivity index (χ2n) is 3.91. The predicted octanol–water partition coefficient (Wildman–Crippen LogP) is 4.26. The zero-order valence-corrected chi connectivity index (χ0v) is 12.5. The Morgan fingerprint density at radius 2 is 1.95 bits per heavy atom. The Labute approximate surface area is 128 Å². The highest BCUT2D eigenvalue weighted by Gasteiger charge is 2.08. The molecular weight excluding hydrogens is 349 g/mol. The fourth-order valence-corrected chi connectivity index (χ4v) is 1.90. The SMILES string of the molecule is O=C(COc1ccc(Br)cc1)Nc1cc(Cl)ccc1F. The van der Waals surface area contributed by atoms with Gasteiger partial charge in [-0.15, -0.1) is 0 Å². The molecule has 2 aromatic rings. The van der Waals surface area contributed by atoms with Crippen molar-refractivity contribution in [2.45, 2.75) is 0 Å². The monoisotopic (exact) mass is 357 g/mol. The highest BCUT2D eigenvalue weighted by atomic mass is 79.9. The van der Waals surface area contributed by atoms with Crippen LogP contribution in [0.15, 0.2) is 46.9 Å². The molecule has 0 atom stereocenters. The van der Waals surface area contributed by atoms with Gasteiger partial charge in [0.1, 0.15) is 11.6 Å². The van der Waals surface area contributed by atoms with E-state index in [2.05, 4.69) is 21.2 Å². The molecule has 0 fully saturated rings. The standard InChI is InChI=1S/C14H10BrClFNO2/c15-9-1-4-11(5-2-9)20-8-14(19)18-13-7-10(16)3-6-12(13)17/h1-7H,8H2,(H,18,19). The largest absolute Gasteiger partial charge is 0.484 e. The molecule has 1 N–H and O–H groups in total. The van der Waals surface area contributed by atoms with Crippen molar-refractivity contribution >= 4 is 39.1 Å². The molecule has 0 unspecified atom stereocenters. The molecule has 0 radical (unpaired) electrons. The molecule has 2 rings (SSSR count). The normalized spacial score (nSPS) is 10.2. The smallest absolute Gasteiger partial charge is 0.262 e. The Hall–Kier alpha value is -1.59. The number of hydrogen-bond acceptors (Lipinski definition) is 2. The summed E-state index contributed by atoms with van der Waals surface area (Å²) >= 11 is 9.03. The van der Waals surface area contributed by atoms with Gasteiger partial charge in [-0.2, -0.15) is 0 Å². The van der Waals surface area contributed by atoms with Gasteiger partial charge < -0.3 is 10.1 Å². The van der Waals surface area contributed by atoms with Gasteiger partial charge in [-0.25, -0.2) is 4.39 Å². The third-order valence-corrected chi connectivity index (χ3v) is 3.15. The average Bonchev–Trinajstić information content (AvgIpc) is 2.42. The molecule has 20 heavy (non-hydrogen) atoms. The molecule has 3 nitrogen and oxygen atoms in total. The maximum atomic E-state index is 13.4. The van der Waals surface area contributed by atoms with Gasteiger partial charge in [0.2, 0.25) is 0 Å². The number of hydrogen-bond donors (Lipinski definition) is 1. The first-order valence-corrected chi connectivity index (χ1v) is 6.85. The molecule has 6 heteroatoms. The van der Waals surface area contributed by atoms with E-state index in [-0.39, 0.29) is 12.3 Å². The van der Waals surface area contributed by atoms with Gasteiger partial charge in [-0.3, -0.25) is 4.79 Å². The van der Waals surface area contributed by atoms with Crippen molar-refractivity contribution in [1.29, 1.82) is 0 Å². The first kappa shape index (κ1) is 14.8.